The van der Waals surface area contributed by atoms with Gasteiger partial charge < -0.3 is 9.47 Å². The third-order valence-corrected chi connectivity index (χ3v) is 6.23. The molecule has 2 heterocycles. The smallest absolute Gasteiger partial charge is 0.417 e. The van der Waals surface area contributed by atoms with E-state index < -0.39 is 19.6 Å². The van der Waals surface area contributed by atoms with Crippen LogP contribution >= 0.6 is 7.44 Å². The van der Waals surface area contributed by atoms with Gasteiger partial charge in [-0.3, -0.25) is 4.57 Å². The van der Waals surface area contributed by atoms with E-state index in [9.17, 15) is 14.2 Å². The fraction of sp³-hybridized carbons (Fsp3) is 0.333. The summed E-state index contributed by atoms with van der Waals surface area (Å²) >= 11 is 0. The number of benzene rings is 1. The van der Waals surface area contributed by atoms with E-state index in [1.165, 1.54) is 0 Å². The number of hydrogen-bond donors (Lipinski definition) is 0. The maximum atomic E-state index is 13.5. The first-order valence-corrected chi connectivity index (χ1v) is 7.80. The van der Waals surface area contributed by atoms with Gasteiger partial charge in [-0.2, -0.15) is 0 Å². The van der Waals surface area contributed by atoms with Crippen LogP contribution in [0, 0.1) is 0 Å². The number of carbonyl (C=O) groups excluding carboxylic acids is 2. The van der Waals surface area contributed by atoms with Gasteiger partial charge in [0.1, 0.15) is 13.2 Å². The van der Waals surface area contributed by atoms with Crippen LogP contribution in [0.2, 0.25) is 0 Å². The zero-order chi connectivity index (χ0) is 14.2. The largest absolute Gasteiger partial charge is 0.447 e. The normalized spacial score (nSPS) is 19.2. The Morgan fingerprint density at radius 2 is 1.40 bits per heavy atom. The van der Waals surface area contributed by atoms with E-state index in [0.717, 1.165) is 9.34 Å². The van der Waals surface area contributed by atoms with Gasteiger partial charge in [-0.05, 0) is 12.1 Å². The Bertz CT molecular complexity index is 561. The zero-order valence-electron chi connectivity index (χ0n) is 10.6. The third-order valence-electron chi connectivity index (χ3n) is 3.23. The van der Waals surface area contributed by atoms with Gasteiger partial charge in [-0.1, -0.05) is 18.2 Å². The number of rotatable bonds is 3. The van der Waals surface area contributed by atoms with Gasteiger partial charge >= 0.3 is 19.6 Å². The van der Waals surface area contributed by atoms with Crippen LogP contribution in [0.1, 0.15) is 0 Å². The molecule has 2 amide bonds. The molecule has 8 heteroatoms. The summed E-state index contributed by atoms with van der Waals surface area (Å²) in [4.78, 5) is 23.6. The van der Waals surface area contributed by atoms with Crippen molar-refractivity contribution in [1.29, 1.82) is 0 Å². The first kappa shape index (κ1) is 13.0. The first-order chi connectivity index (χ1) is 9.64. The van der Waals surface area contributed by atoms with Crippen molar-refractivity contribution in [3.8, 4) is 0 Å². The summed E-state index contributed by atoms with van der Waals surface area (Å²) in [6, 6.07) is 8.48. The highest BCUT2D eigenvalue weighted by Crippen LogP contribution is 2.54. The number of cyclic esters (lactones) is 2. The van der Waals surface area contributed by atoms with Crippen LogP contribution in [-0.4, -0.2) is 47.8 Å². The molecule has 0 atom stereocenters. The van der Waals surface area contributed by atoms with Gasteiger partial charge in [0.05, 0.1) is 18.4 Å². The molecule has 2 aliphatic rings. The fourth-order valence-electron chi connectivity index (χ4n) is 2.29. The van der Waals surface area contributed by atoms with E-state index in [2.05, 4.69) is 0 Å². The summed E-state index contributed by atoms with van der Waals surface area (Å²) in [6.07, 6.45) is -1.34. The van der Waals surface area contributed by atoms with E-state index in [0.29, 0.717) is 5.30 Å². The molecule has 0 spiro atoms. The number of nitrogens with zero attached hydrogens (tertiary/aromatic N) is 2. The topological polar surface area (TPSA) is 76.2 Å². The lowest BCUT2D eigenvalue weighted by Crippen LogP contribution is -2.38. The van der Waals surface area contributed by atoms with Crippen molar-refractivity contribution in [1.82, 2.24) is 9.34 Å². The fourth-order valence-corrected chi connectivity index (χ4v) is 4.94. The molecule has 7 nitrogen and oxygen atoms in total. The monoisotopic (exact) mass is 296 g/mol. The highest BCUT2D eigenvalue weighted by atomic mass is 31.2. The minimum absolute atomic E-state index is 0.165. The van der Waals surface area contributed by atoms with E-state index in [1.807, 2.05) is 0 Å². The molecule has 1 aromatic rings. The molecule has 0 N–H and O–H groups in total. The average Bonchev–Trinajstić information content (AvgIpc) is 3.08. The Kier molecular flexibility index (Phi) is 3.14. The number of amides is 2. The van der Waals surface area contributed by atoms with Gasteiger partial charge in [0.25, 0.3) is 0 Å². The van der Waals surface area contributed by atoms with Gasteiger partial charge in [0, 0.05) is 0 Å². The molecule has 0 bridgehead atoms. The molecular weight excluding hydrogens is 283 g/mol. The lowest BCUT2D eigenvalue weighted by Gasteiger charge is -2.31. The highest BCUT2D eigenvalue weighted by Gasteiger charge is 2.49. The molecule has 3 rings (SSSR count). The molecule has 2 aliphatic heterocycles. The SMILES string of the molecule is O=C1OCCN1P(=O)(c1ccccc1)N1CCOC1=O. The standard InChI is InChI=1S/C12H13N2O5P/c15-11-13(6-8-18-11)20(17,10-4-2-1-3-5-10)14-7-9-19-12(14)16/h1-5H,6-9H2. The summed E-state index contributed by atoms with van der Waals surface area (Å²) in [5.74, 6) is 0. The molecule has 0 radical (unpaired) electrons. The molecule has 0 aromatic heterocycles. The van der Waals surface area contributed by atoms with Crippen molar-refractivity contribution in [2.24, 2.45) is 0 Å². The van der Waals surface area contributed by atoms with Crippen LogP contribution < -0.4 is 5.30 Å². The van der Waals surface area contributed by atoms with E-state index in [1.54, 1.807) is 30.3 Å². The van der Waals surface area contributed by atoms with Crippen molar-refractivity contribution in [2.75, 3.05) is 26.3 Å². The lowest BCUT2D eigenvalue weighted by atomic mass is 10.4. The lowest BCUT2D eigenvalue weighted by molar-refractivity contribution is 0.165. The Balaban J connectivity index is 2.10. The first-order valence-electron chi connectivity index (χ1n) is 6.19. The summed E-state index contributed by atoms with van der Waals surface area (Å²) in [7, 11) is -3.56. The van der Waals surface area contributed by atoms with E-state index in [4.69, 9.17) is 9.47 Å². The Morgan fingerprint density at radius 1 is 0.900 bits per heavy atom. The Morgan fingerprint density at radius 3 is 1.80 bits per heavy atom. The van der Waals surface area contributed by atoms with Gasteiger partial charge in [-0.25, -0.2) is 18.9 Å². The Hall–Kier alpha value is -2.01. The predicted molar refractivity (Wildman–Crippen MR) is 69.8 cm³/mol. The van der Waals surface area contributed by atoms with Crippen LogP contribution in [0.3, 0.4) is 0 Å². The third kappa shape index (κ3) is 1.86. The molecule has 0 aliphatic carbocycles. The predicted octanol–water partition coefficient (Wildman–Crippen LogP) is 1.41. The van der Waals surface area contributed by atoms with Crippen molar-refractivity contribution in [3.63, 3.8) is 0 Å². The van der Waals surface area contributed by atoms with Crippen molar-refractivity contribution in [3.05, 3.63) is 30.3 Å². The molecule has 106 valence electrons. The second-order valence-corrected chi connectivity index (χ2v) is 6.92. The van der Waals surface area contributed by atoms with Crippen LogP contribution in [0.4, 0.5) is 9.59 Å². The molecule has 0 unspecified atom stereocenters. The minimum atomic E-state index is -3.56. The second kappa shape index (κ2) is 4.83. The Labute approximate surface area is 115 Å². The number of carbonyl (C=O) groups is 2. The second-order valence-electron chi connectivity index (χ2n) is 4.35. The van der Waals surface area contributed by atoms with E-state index >= 15 is 0 Å². The molecule has 0 saturated carbocycles. The van der Waals surface area contributed by atoms with Crippen molar-refractivity contribution in [2.45, 2.75) is 0 Å². The summed E-state index contributed by atoms with van der Waals surface area (Å²) in [5.41, 5.74) is 0. The van der Waals surface area contributed by atoms with Crippen LogP contribution in [-0.2, 0) is 14.0 Å². The highest BCUT2D eigenvalue weighted by molar-refractivity contribution is 7.68. The molecule has 20 heavy (non-hydrogen) atoms. The summed E-state index contributed by atoms with van der Waals surface area (Å²) in [6.45, 7) is 0.709. The minimum Gasteiger partial charge on any atom is -0.447 e. The van der Waals surface area contributed by atoms with Crippen molar-refractivity contribution >= 4 is 24.9 Å². The average molecular weight is 296 g/mol. The maximum absolute atomic E-state index is 13.5. The molecular formula is C12H13N2O5P. The van der Waals surface area contributed by atoms with Gasteiger partial charge in [-0.15, -0.1) is 0 Å². The number of hydrogen-bond acceptors (Lipinski definition) is 5. The number of ether oxygens (including phenoxy) is 2. The quantitative estimate of drug-likeness (QED) is 0.788. The zero-order valence-corrected chi connectivity index (χ0v) is 11.5. The summed E-state index contributed by atoms with van der Waals surface area (Å²) < 4.78 is 25.5. The molecule has 2 saturated heterocycles. The van der Waals surface area contributed by atoms with Crippen LogP contribution in [0.5, 0.6) is 0 Å². The van der Waals surface area contributed by atoms with E-state index in [-0.39, 0.29) is 26.3 Å². The summed E-state index contributed by atoms with van der Waals surface area (Å²) in [5, 5.41) is 0.415. The van der Waals surface area contributed by atoms with Crippen molar-refractivity contribution < 1.29 is 23.6 Å². The van der Waals surface area contributed by atoms with Crippen LogP contribution in [0.15, 0.2) is 30.3 Å². The van der Waals surface area contributed by atoms with Crippen LogP contribution in [0.25, 0.3) is 0 Å². The maximum Gasteiger partial charge on any atom is 0.417 e. The van der Waals surface area contributed by atoms with Gasteiger partial charge in [0.2, 0.25) is 0 Å². The molecule has 1 aromatic carbocycles. The van der Waals surface area contributed by atoms with Gasteiger partial charge in [0.15, 0.2) is 0 Å². The molecule has 2 fully saturated rings.